The monoisotopic (exact) mass is 357 g/mol. The number of para-hydroxylation sites is 2. The highest BCUT2D eigenvalue weighted by atomic mass is 19.1. The van der Waals surface area contributed by atoms with Crippen molar-refractivity contribution in [3.63, 3.8) is 0 Å². The van der Waals surface area contributed by atoms with Crippen LogP contribution < -0.4 is 15.0 Å². The fourth-order valence-corrected chi connectivity index (χ4v) is 3.12. The van der Waals surface area contributed by atoms with E-state index in [2.05, 4.69) is 10.2 Å². The average Bonchev–Trinajstić information content (AvgIpc) is 2.69. The van der Waals surface area contributed by atoms with E-state index in [4.69, 9.17) is 4.74 Å². The first-order valence-electron chi connectivity index (χ1n) is 8.82. The molecular weight excluding hydrogens is 333 g/mol. The van der Waals surface area contributed by atoms with Crippen molar-refractivity contribution < 1.29 is 13.9 Å². The molecule has 1 heterocycles. The third-order valence-electron chi connectivity index (χ3n) is 4.60. The van der Waals surface area contributed by atoms with E-state index in [1.165, 1.54) is 12.1 Å². The maximum atomic E-state index is 12.9. The third-order valence-corrected chi connectivity index (χ3v) is 4.60. The van der Waals surface area contributed by atoms with Gasteiger partial charge >= 0.3 is 6.03 Å². The first-order valence-corrected chi connectivity index (χ1v) is 8.82. The molecule has 138 valence electrons. The van der Waals surface area contributed by atoms with Crippen LogP contribution in [0.2, 0.25) is 0 Å². The van der Waals surface area contributed by atoms with E-state index in [-0.39, 0.29) is 11.8 Å². The molecule has 26 heavy (non-hydrogen) atoms. The van der Waals surface area contributed by atoms with Gasteiger partial charge in [0.2, 0.25) is 0 Å². The van der Waals surface area contributed by atoms with E-state index in [1.54, 1.807) is 19.2 Å². The number of nitrogens with zero attached hydrogens (tertiary/aromatic N) is 2. The number of piperazine rings is 1. The van der Waals surface area contributed by atoms with Gasteiger partial charge in [0.05, 0.1) is 12.8 Å². The number of halogens is 1. The Hall–Kier alpha value is -2.76. The number of ether oxygens (including phenoxy) is 1. The summed E-state index contributed by atoms with van der Waals surface area (Å²) >= 11 is 0. The minimum Gasteiger partial charge on any atom is -0.495 e. The van der Waals surface area contributed by atoms with Crippen LogP contribution >= 0.6 is 0 Å². The quantitative estimate of drug-likeness (QED) is 0.895. The van der Waals surface area contributed by atoms with Gasteiger partial charge in [-0.15, -0.1) is 0 Å². The molecule has 0 saturated carbocycles. The molecule has 1 aliphatic rings. The third kappa shape index (κ3) is 4.45. The summed E-state index contributed by atoms with van der Waals surface area (Å²) in [7, 11) is 1.67. The summed E-state index contributed by atoms with van der Waals surface area (Å²) in [4.78, 5) is 16.4. The second-order valence-corrected chi connectivity index (χ2v) is 6.25. The predicted octanol–water partition coefficient (Wildman–Crippen LogP) is 2.91. The number of rotatable bonds is 5. The van der Waals surface area contributed by atoms with Crippen molar-refractivity contribution in [2.24, 2.45) is 0 Å². The van der Waals surface area contributed by atoms with Crippen molar-refractivity contribution in [2.45, 2.75) is 6.42 Å². The smallest absolute Gasteiger partial charge is 0.317 e. The summed E-state index contributed by atoms with van der Waals surface area (Å²) in [5.41, 5.74) is 2.07. The lowest BCUT2D eigenvalue weighted by Gasteiger charge is -2.36. The van der Waals surface area contributed by atoms with E-state index in [0.717, 1.165) is 30.1 Å². The molecule has 0 bridgehead atoms. The van der Waals surface area contributed by atoms with E-state index < -0.39 is 0 Å². The van der Waals surface area contributed by atoms with Crippen LogP contribution in [-0.4, -0.2) is 50.8 Å². The maximum Gasteiger partial charge on any atom is 0.317 e. The first-order chi connectivity index (χ1) is 12.7. The van der Waals surface area contributed by atoms with Crippen molar-refractivity contribution >= 4 is 11.7 Å². The predicted molar refractivity (Wildman–Crippen MR) is 100 cm³/mol. The fourth-order valence-electron chi connectivity index (χ4n) is 3.12. The second kappa shape index (κ2) is 8.56. The van der Waals surface area contributed by atoms with Crippen molar-refractivity contribution in [1.82, 2.24) is 10.2 Å². The number of hydrogen-bond donors (Lipinski definition) is 1. The number of benzene rings is 2. The number of carbonyl (C=O) groups is 1. The Morgan fingerprint density at radius 3 is 2.46 bits per heavy atom. The Morgan fingerprint density at radius 2 is 1.77 bits per heavy atom. The van der Waals surface area contributed by atoms with Gasteiger partial charge in [0.25, 0.3) is 0 Å². The van der Waals surface area contributed by atoms with E-state index in [1.807, 2.05) is 29.2 Å². The lowest BCUT2D eigenvalue weighted by atomic mass is 10.1. The molecule has 0 spiro atoms. The summed E-state index contributed by atoms with van der Waals surface area (Å²) in [5, 5.41) is 2.94. The van der Waals surface area contributed by atoms with E-state index >= 15 is 0 Å². The number of nitrogens with one attached hydrogen (secondary N) is 1. The minimum atomic E-state index is -0.245. The van der Waals surface area contributed by atoms with Crippen molar-refractivity contribution in [1.29, 1.82) is 0 Å². The van der Waals surface area contributed by atoms with Gasteiger partial charge in [0, 0.05) is 32.7 Å². The second-order valence-electron chi connectivity index (χ2n) is 6.25. The number of carbonyl (C=O) groups excluding carboxylic acids is 1. The SMILES string of the molecule is COc1ccccc1N1CCN(C(=O)NCCc2ccc(F)cc2)CC1. The fraction of sp³-hybridized carbons (Fsp3) is 0.350. The molecule has 1 fully saturated rings. The van der Waals surface area contributed by atoms with Crippen LogP contribution in [0.4, 0.5) is 14.9 Å². The molecule has 0 unspecified atom stereocenters. The van der Waals surface area contributed by atoms with Gasteiger partial charge in [-0.05, 0) is 36.2 Å². The lowest BCUT2D eigenvalue weighted by Crippen LogP contribution is -2.52. The molecule has 1 N–H and O–H groups in total. The van der Waals surface area contributed by atoms with E-state index in [0.29, 0.717) is 26.1 Å². The molecule has 1 saturated heterocycles. The zero-order valence-corrected chi connectivity index (χ0v) is 15.0. The van der Waals surface area contributed by atoms with Crippen LogP contribution in [0.5, 0.6) is 5.75 Å². The Bertz CT molecular complexity index is 728. The molecule has 2 aromatic carbocycles. The summed E-state index contributed by atoms with van der Waals surface area (Å²) in [6.07, 6.45) is 0.688. The largest absolute Gasteiger partial charge is 0.495 e. The molecule has 3 rings (SSSR count). The topological polar surface area (TPSA) is 44.8 Å². The van der Waals surface area contributed by atoms with Gasteiger partial charge in [-0.25, -0.2) is 9.18 Å². The van der Waals surface area contributed by atoms with Gasteiger partial charge in [-0.2, -0.15) is 0 Å². The first kappa shape index (κ1) is 18.0. The van der Waals surface area contributed by atoms with Crippen LogP contribution in [0, 0.1) is 5.82 Å². The Balaban J connectivity index is 1.45. The Kier molecular flexibility index (Phi) is 5.94. The molecule has 2 amide bonds. The average molecular weight is 357 g/mol. The van der Waals surface area contributed by atoms with Crippen LogP contribution in [0.25, 0.3) is 0 Å². The molecule has 0 atom stereocenters. The summed E-state index contributed by atoms with van der Waals surface area (Å²) in [5.74, 6) is 0.607. The zero-order valence-electron chi connectivity index (χ0n) is 15.0. The maximum absolute atomic E-state index is 12.9. The Morgan fingerprint density at radius 1 is 1.08 bits per heavy atom. The number of hydrogen-bond acceptors (Lipinski definition) is 3. The Labute approximate surface area is 153 Å². The minimum absolute atomic E-state index is 0.0493. The molecule has 5 nitrogen and oxygen atoms in total. The van der Waals surface area contributed by atoms with Crippen LogP contribution in [-0.2, 0) is 6.42 Å². The van der Waals surface area contributed by atoms with Crippen molar-refractivity contribution in [3.8, 4) is 5.75 Å². The van der Waals surface area contributed by atoms with Gasteiger partial charge in [0.15, 0.2) is 0 Å². The van der Waals surface area contributed by atoms with Gasteiger partial charge in [0.1, 0.15) is 11.6 Å². The zero-order chi connectivity index (χ0) is 18.4. The molecule has 0 radical (unpaired) electrons. The normalized spacial score (nSPS) is 14.2. The number of urea groups is 1. The van der Waals surface area contributed by atoms with Crippen LogP contribution in [0.1, 0.15) is 5.56 Å². The molecule has 1 aliphatic heterocycles. The van der Waals surface area contributed by atoms with E-state index in [9.17, 15) is 9.18 Å². The molecule has 0 aromatic heterocycles. The molecule has 6 heteroatoms. The van der Waals surface area contributed by atoms with Gasteiger partial charge < -0.3 is 19.9 Å². The summed E-state index contributed by atoms with van der Waals surface area (Å²) < 4.78 is 18.3. The lowest BCUT2D eigenvalue weighted by molar-refractivity contribution is 0.194. The highest BCUT2D eigenvalue weighted by Gasteiger charge is 2.22. The van der Waals surface area contributed by atoms with Gasteiger partial charge in [-0.1, -0.05) is 24.3 Å². The number of anilines is 1. The standard InChI is InChI=1S/C20H24FN3O2/c1-26-19-5-3-2-4-18(19)23-12-14-24(15-13-23)20(25)22-11-10-16-6-8-17(21)9-7-16/h2-9H,10-15H2,1H3,(H,22,25). The van der Waals surface area contributed by atoms with Crippen LogP contribution in [0.3, 0.4) is 0 Å². The van der Waals surface area contributed by atoms with Crippen molar-refractivity contribution in [2.75, 3.05) is 44.7 Å². The van der Waals surface area contributed by atoms with Gasteiger partial charge in [-0.3, -0.25) is 0 Å². The van der Waals surface area contributed by atoms with Crippen molar-refractivity contribution in [3.05, 3.63) is 59.9 Å². The number of methoxy groups -OCH3 is 1. The van der Waals surface area contributed by atoms with Crippen LogP contribution in [0.15, 0.2) is 48.5 Å². The molecule has 2 aromatic rings. The molecule has 0 aliphatic carbocycles. The summed E-state index contributed by atoms with van der Waals surface area (Å²) in [6, 6.07) is 14.2. The molecular formula is C20H24FN3O2. The summed E-state index contributed by atoms with van der Waals surface area (Å²) in [6.45, 7) is 3.41. The highest BCUT2D eigenvalue weighted by molar-refractivity contribution is 5.74. The highest BCUT2D eigenvalue weighted by Crippen LogP contribution is 2.28. The number of amides is 2.